The van der Waals surface area contributed by atoms with Gasteiger partial charge in [-0.2, -0.15) is 0 Å². The standard InChI is InChI=1S/C18H30N2O/c1-13(2)15-7-9-20(10-8-15)12-17-11-16(14(3)19)5-6-18(17)21-4/h5-6,11,13-15H,7-10,12,19H2,1-4H3. The Morgan fingerprint density at radius 1 is 1.24 bits per heavy atom. The van der Waals surface area contributed by atoms with Crippen LogP contribution in [0.3, 0.4) is 0 Å². The van der Waals surface area contributed by atoms with Gasteiger partial charge in [-0.3, -0.25) is 4.90 Å². The summed E-state index contributed by atoms with van der Waals surface area (Å²) in [7, 11) is 1.75. The van der Waals surface area contributed by atoms with E-state index in [1.54, 1.807) is 7.11 Å². The third kappa shape index (κ3) is 4.21. The van der Waals surface area contributed by atoms with Crippen molar-refractivity contribution in [1.29, 1.82) is 0 Å². The molecule has 21 heavy (non-hydrogen) atoms. The summed E-state index contributed by atoms with van der Waals surface area (Å²) in [6.07, 6.45) is 2.62. The van der Waals surface area contributed by atoms with Crippen molar-refractivity contribution in [3.63, 3.8) is 0 Å². The predicted molar refractivity (Wildman–Crippen MR) is 88.4 cm³/mol. The van der Waals surface area contributed by atoms with Crippen molar-refractivity contribution < 1.29 is 4.74 Å². The van der Waals surface area contributed by atoms with Gasteiger partial charge in [-0.25, -0.2) is 0 Å². The van der Waals surface area contributed by atoms with Crippen LogP contribution in [-0.2, 0) is 6.54 Å². The van der Waals surface area contributed by atoms with Crippen molar-refractivity contribution in [2.45, 2.75) is 46.2 Å². The molecule has 0 bridgehead atoms. The summed E-state index contributed by atoms with van der Waals surface area (Å²) in [5, 5.41) is 0. The summed E-state index contributed by atoms with van der Waals surface area (Å²) in [6.45, 7) is 10.1. The molecule has 0 saturated carbocycles. The quantitative estimate of drug-likeness (QED) is 0.900. The molecule has 2 N–H and O–H groups in total. The second-order valence-corrected chi connectivity index (χ2v) is 6.72. The Morgan fingerprint density at radius 3 is 2.43 bits per heavy atom. The van der Waals surface area contributed by atoms with Crippen LogP contribution >= 0.6 is 0 Å². The van der Waals surface area contributed by atoms with Crippen molar-refractivity contribution in [3.8, 4) is 5.75 Å². The van der Waals surface area contributed by atoms with E-state index in [9.17, 15) is 0 Å². The van der Waals surface area contributed by atoms with Crippen LogP contribution in [0, 0.1) is 11.8 Å². The lowest BCUT2D eigenvalue weighted by Gasteiger charge is -2.34. The van der Waals surface area contributed by atoms with Crippen LogP contribution in [0.4, 0.5) is 0 Å². The molecular formula is C18H30N2O. The lowest BCUT2D eigenvalue weighted by molar-refractivity contribution is 0.151. The van der Waals surface area contributed by atoms with Gasteiger partial charge in [0.25, 0.3) is 0 Å². The van der Waals surface area contributed by atoms with Crippen molar-refractivity contribution in [1.82, 2.24) is 4.90 Å². The first-order valence-corrected chi connectivity index (χ1v) is 8.16. The highest BCUT2D eigenvalue weighted by Crippen LogP contribution is 2.28. The molecule has 0 aromatic heterocycles. The largest absolute Gasteiger partial charge is 0.496 e. The van der Waals surface area contributed by atoms with Crippen LogP contribution in [0.5, 0.6) is 5.75 Å². The summed E-state index contributed by atoms with van der Waals surface area (Å²) in [5.74, 6) is 2.67. The predicted octanol–water partition coefficient (Wildman–Crippen LogP) is 3.58. The van der Waals surface area contributed by atoms with Gasteiger partial charge >= 0.3 is 0 Å². The van der Waals surface area contributed by atoms with E-state index in [-0.39, 0.29) is 6.04 Å². The van der Waals surface area contributed by atoms with E-state index in [2.05, 4.69) is 36.9 Å². The highest BCUT2D eigenvalue weighted by Gasteiger charge is 2.22. The molecule has 1 fully saturated rings. The van der Waals surface area contributed by atoms with Crippen LogP contribution < -0.4 is 10.5 Å². The molecule has 0 aliphatic carbocycles. The minimum atomic E-state index is 0.0707. The van der Waals surface area contributed by atoms with Gasteiger partial charge in [-0.05, 0) is 62.4 Å². The molecule has 0 radical (unpaired) electrons. The number of methoxy groups -OCH3 is 1. The molecule has 3 nitrogen and oxygen atoms in total. The van der Waals surface area contributed by atoms with Crippen LogP contribution in [0.15, 0.2) is 18.2 Å². The van der Waals surface area contributed by atoms with Crippen LogP contribution in [0.2, 0.25) is 0 Å². The average molecular weight is 290 g/mol. The smallest absolute Gasteiger partial charge is 0.123 e. The zero-order chi connectivity index (χ0) is 15.4. The van der Waals surface area contributed by atoms with Gasteiger partial charge in [0.15, 0.2) is 0 Å². The maximum atomic E-state index is 6.00. The summed E-state index contributed by atoms with van der Waals surface area (Å²) >= 11 is 0. The van der Waals surface area contributed by atoms with E-state index in [0.717, 1.165) is 24.1 Å². The molecule has 1 aromatic rings. The lowest BCUT2D eigenvalue weighted by atomic mass is 9.86. The third-order valence-electron chi connectivity index (χ3n) is 4.80. The molecule has 0 amide bonds. The minimum Gasteiger partial charge on any atom is -0.496 e. The van der Waals surface area contributed by atoms with Crippen molar-refractivity contribution in [3.05, 3.63) is 29.3 Å². The molecule has 1 atom stereocenters. The first-order valence-electron chi connectivity index (χ1n) is 8.16. The number of hydrogen-bond acceptors (Lipinski definition) is 3. The van der Waals surface area contributed by atoms with E-state index >= 15 is 0 Å². The number of hydrogen-bond donors (Lipinski definition) is 1. The van der Waals surface area contributed by atoms with Crippen molar-refractivity contribution in [2.24, 2.45) is 17.6 Å². The monoisotopic (exact) mass is 290 g/mol. The van der Waals surface area contributed by atoms with Crippen LogP contribution in [0.1, 0.15) is 50.8 Å². The Hall–Kier alpha value is -1.06. The first kappa shape index (κ1) is 16.3. The SMILES string of the molecule is COc1ccc(C(C)N)cc1CN1CCC(C(C)C)CC1. The van der Waals surface area contributed by atoms with Crippen molar-refractivity contribution >= 4 is 0 Å². The topological polar surface area (TPSA) is 38.5 Å². The molecule has 1 saturated heterocycles. The van der Waals surface area contributed by atoms with Crippen LogP contribution in [0.25, 0.3) is 0 Å². The zero-order valence-corrected chi connectivity index (χ0v) is 13.9. The zero-order valence-electron chi connectivity index (χ0n) is 13.9. The molecule has 2 rings (SSSR count). The van der Waals surface area contributed by atoms with Gasteiger partial charge in [0.2, 0.25) is 0 Å². The van der Waals surface area contributed by atoms with E-state index in [0.29, 0.717) is 0 Å². The molecule has 3 heteroatoms. The molecule has 0 spiro atoms. The number of likely N-dealkylation sites (tertiary alicyclic amines) is 1. The van der Waals surface area contributed by atoms with Gasteiger partial charge < -0.3 is 10.5 Å². The van der Waals surface area contributed by atoms with Gasteiger partial charge in [0, 0.05) is 18.2 Å². The number of ether oxygens (including phenoxy) is 1. The Bertz CT molecular complexity index is 449. The molecular weight excluding hydrogens is 260 g/mol. The van der Waals surface area contributed by atoms with E-state index < -0.39 is 0 Å². The lowest BCUT2D eigenvalue weighted by Crippen LogP contribution is -2.34. The average Bonchev–Trinajstić information content (AvgIpc) is 2.47. The van der Waals surface area contributed by atoms with E-state index in [1.807, 2.05) is 6.92 Å². The van der Waals surface area contributed by atoms with Gasteiger partial charge in [0.05, 0.1) is 7.11 Å². The van der Waals surface area contributed by atoms with Gasteiger partial charge in [-0.15, -0.1) is 0 Å². The van der Waals surface area contributed by atoms with Gasteiger partial charge in [-0.1, -0.05) is 19.9 Å². The summed E-state index contributed by atoms with van der Waals surface area (Å²) in [4.78, 5) is 2.54. The Morgan fingerprint density at radius 2 is 1.90 bits per heavy atom. The Balaban J connectivity index is 2.04. The molecule has 1 heterocycles. The Kier molecular flexibility index (Phi) is 5.65. The number of piperidine rings is 1. The minimum absolute atomic E-state index is 0.0707. The number of rotatable bonds is 5. The molecule has 1 aliphatic rings. The van der Waals surface area contributed by atoms with E-state index in [1.165, 1.54) is 37.1 Å². The maximum absolute atomic E-state index is 6.00. The fourth-order valence-electron chi connectivity index (χ4n) is 3.22. The second-order valence-electron chi connectivity index (χ2n) is 6.72. The first-order chi connectivity index (χ1) is 10.0. The molecule has 1 aliphatic heterocycles. The maximum Gasteiger partial charge on any atom is 0.123 e. The number of benzene rings is 1. The van der Waals surface area contributed by atoms with E-state index in [4.69, 9.17) is 10.5 Å². The molecule has 1 unspecified atom stereocenters. The second kappa shape index (κ2) is 7.28. The highest BCUT2D eigenvalue weighted by atomic mass is 16.5. The fourth-order valence-corrected chi connectivity index (χ4v) is 3.22. The van der Waals surface area contributed by atoms with Crippen molar-refractivity contribution in [2.75, 3.05) is 20.2 Å². The highest BCUT2D eigenvalue weighted by molar-refractivity contribution is 5.38. The number of nitrogens with two attached hydrogens (primary N) is 1. The van der Waals surface area contributed by atoms with Gasteiger partial charge in [0.1, 0.15) is 5.75 Å². The molecule has 1 aromatic carbocycles. The Labute approximate surface area is 129 Å². The van der Waals surface area contributed by atoms with Crippen LogP contribution in [-0.4, -0.2) is 25.1 Å². The fraction of sp³-hybridized carbons (Fsp3) is 0.667. The third-order valence-corrected chi connectivity index (χ3v) is 4.80. The number of nitrogens with zero attached hydrogens (tertiary/aromatic N) is 1. The normalized spacial score (nSPS) is 19.0. The summed E-state index contributed by atoms with van der Waals surface area (Å²) < 4.78 is 5.51. The summed E-state index contributed by atoms with van der Waals surface area (Å²) in [5.41, 5.74) is 8.45. The molecule has 118 valence electrons. The summed E-state index contributed by atoms with van der Waals surface area (Å²) in [6, 6.07) is 6.40.